The molecule has 0 spiro atoms. The van der Waals surface area contributed by atoms with Gasteiger partial charge in [0.15, 0.2) is 5.43 Å². The van der Waals surface area contributed by atoms with E-state index in [2.05, 4.69) is 0 Å². The molecule has 0 aliphatic rings. The van der Waals surface area contributed by atoms with Gasteiger partial charge in [-0.3, -0.25) is 4.79 Å². The Morgan fingerprint density at radius 2 is 2.06 bits per heavy atom. The Hall–Kier alpha value is -1.81. The van der Waals surface area contributed by atoms with Gasteiger partial charge in [0.1, 0.15) is 5.69 Å². The monoisotopic (exact) mass is 251 g/mol. The summed E-state index contributed by atoms with van der Waals surface area (Å²) in [6.45, 7) is 1.51. The zero-order valence-corrected chi connectivity index (χ0v) is 10.1. The highest BCUT2D eigenvalue weighted by Gasteiger charge is 2.17. The first kappa shape index (κ1) is 11.7. The van der Waals surface area contributed by atoms with E-state index in [0.717, 1.165) is 0 Å². The molecule has 0 atom stereocenters. The van der Waals surface area contributed by atoms with Gasteiger partial charge in [0.05, 0.1) is 5.52 Å². The van der Waals surface area contributed by atoms with Gasteiger partial charge in [0, 0.05) is 23.0 Å². The van der Waals surface area contributed by atoms with Gasteiger partial charge in [0.25, 0.3) is 0 Å². The third kappa shape index (κ3) is 1.70. The zero-order chi connectivity index (χ0) is 12.7. The quantitative estimate of drug-likeness (QED) is 0.845. The van der Waals surface area contributed by atoms with Gasteiger partial charge in [0.2, 0.25) is 0 Å². The smallest absolute Gasteiger partial charge is 0.352 e. The molecule has 2 rings (SSSR count). The standard InChI is InChI=1S/C12H10ClNO3/c1-6-10(12(16)17)14(2)9-5-7(13)3-4-8(9)11(6)15/h3-5H,1-2H3,(H,16,17). The van der Waals surface area contributed by atoms with Crippen LogP contribution < -0.4 is 5.43 Å². The van der Waals surface area contributed by atoms with E-state index in [4.69, 9.17) is 16.7 Å². The van der Waals surface area contributed by atoms with E-state index in [1.165, 1.54) is 11.5 Å². The van der Waals surface area contributed by atoms with Crippen LogP contribution in [0.2, 0.25) is 5.02 Å². The first-order valence-electron chi connectivity index (χ1n) is 4.95. The number of carboxylic acid groups (broad SMARTS) is 1. The molecule has 17 heavy (non-hydrogen) atoms. The molecular formula is C12H10ClNO3. The maximum absolute atomic E-state index is 12.0. The molecule has 0 radical (unpaired) electrons. The summed E-state index contributed by atoms with van der Waals surface area (Å²) in [5.74, 6) is -1.12. The number of benzene rings is 1. The largest absolute Gasteiger partial charge is 0.477 e. The molecule has 1 N–H and O–H groups in total. The van der Waals surface area contributed by atoms with E-state index in [9.17, 15) is 9.59 Å². The van der Waals surface area contributed by atoms with Gasteiger partial charge < -0.3 is 9.67 Å². The van der Waals surface area contributed by atoms with Crippen molar-refractivity contribution >= 4 is 28.5 Å². The van der Waals surface area contributed by atoms with Crippen molar-refractivity contribution < 1.29 is 9.90 Å². The first-order chi connectivity index (χ1) is 7.93. The summed E-state index contributed by atoms with van der Waals surface area (Å²) in [6.07, 6.45) is 0. The maximum atomic E-state index is 12.0. The summed E-state index contributed by atoms with van der Waals surface area (Å²) < 4.78 is 1.47. The number of halogens is 1. The minimum Gasteiger partial charge on any atom is -0.477 e. The third-order valence-corrected chi connectivity index (χ3v) is 3.03. The number of hydrogen-bond donors (Lipinski definition) is 1. The molecule has 1 aromatic heterocycles. The van der Waals surface area contributed by atoms with Crippen LogP contribution in [0.5, 0.6) is 0 Å². The molecule has 1 aromatic carbocycles. The number of rotatable bonds is 1. The summed E-state index contributed by atoms with van der Waals surface area (Å²) in [5.41, 5.74) is 0.470. The maximum Gasteiger partial charge on any atom is 0.352 e. The van der Waals surface area contributed by atoms with Crippen LogP contribution in [-0.4, -0.2) is 15.6 Å². The number of aryl methyl sites for hydroxylation is 1. The van der Waals surface area contributed by atoms with Crippen molar-refractivity contribution in [1.82, 2.24) is 4.57 Å². The van der Waals surface area contributed by atoms with Gasteiger partial charge in [-0.25, -0.2) is 4.79 Å². The molecule has 4 nitrogen and oxygen atoms in total. The normalized spacial score (nSPS) is 10.8. The van der Waals surface area contributed by atoms with Gasteiger partial charge in [-0.15, -0.1) is 0 Å². The highest BCUT2D eigenvalue weighted by atomic mass is 35.5. The molecular weight excluding hydrogens is 242 g/mol. The molecule has 0 aliphatic carbocycles. The lowest BCUT2D eigenvalue weighted by Crippen LogP contribution is -2.20. The molecule has 88 valence electrons. The fraction of sp³-hybridized carbons (Fsp3) is 0.167. The van der Waals surface area contributed by atoms with Crippen LogP contribution in [0.15, 0.2) is 23.0 Å². The van der Waals surface area contributed by atoms with E-state index in [-0.39, 0.29) is 16.7 Å². The van der Waals surface area contributed by atoms with Crippen molar-refractivity contribution in [3.05, 3.63) is 44.7 Å². The number of pyridine rings is 1. The summed E-state index contributed by atoms with van der Waals surface area (Å²) >= 11 is 5.85. The van der Waals surface area contributed by atoms with E-state index in [1.54, 1.807) is 25.2 Å². The van der Waals surface area contributed by atoms with Crippen molar-refractivity contribution in [2.45, 2.75) is 6.92 Å². The Morgan fingerprint density at radius 1 is 1.41 bits per heavy atom. The highest BCUT2D eigenvalue weighted by Crippen LogP contribution is 2.19. The number of aromatic carboxylic acids is 1. The second kappa shape index (κ2) is 3.89. The Labute approximate surface area is 102 Å². The van der Waals surface area contributed by atoms with Crippen LogP contribution in [0.1, 0.15) is 16.1 Å². The van der Waals surface area contributed by atoms with Crippen LogP contribution in [0.3, 0.4) is 0 Å². The summed E-state index contributed by atoms with van der Waals surface area (Å²) in [5, 5.41) is 10.0. The molecule has 0 aliphatic heterocycles. The minimum atomic E-state index is -1.12. The number of aromatic nitrogens is 1. The Balaban J connectivity index is 3.06. The molecule has 0 bridgehead atoms. The minimum absolute atomic E-state index is 0.00948. The van der Waals surface area contributed by atoms with Crippen LogP contribution in [0.25, 0.3) is 10.9 Å². The predicted octanol–water partition coefficient (Wildman–Crippen LogP) is 2.20. The molecule has 0 unspecified atom stereocenters. The average Bonchev–Trinajstić information content (AvgIpc) is 2.26. The molecule has 5 heteroatoms. The summed E-state index contributed by atoms with van der Waals surface area (Å²) in [6, 6.07) is 4.81. The highest BCUT2D eigenvalue weighted by molar-refractivity contribution is 6.31. The number of hydrogen-bond acceptors (Lipinski definition) is 2. The fourth-order valence-electron chi connectivity index (χ4n) is 1.96. The van der Waals surface area contributed by atoms with Gasteiger partial charge in [-0.2, -0.15) is 0 Å². The number of fused-ring (bicyclic) bond motifs is 1. The van der Waals surface area contributed by atoms with Crippen LogP contribution in [0, 0.1) is 6.92 Å². The van der Waals surface area contributed by atoms with Crippen molar-refractivity contribution in [3.8, 4) is 0 Å². The SMILES string of the molecule is Cc1c(C(=O)O)n(C)c2cc(Cl)ccc2c1=O. The van der Waals surface area contributed by atoms with E-state index in [0.29, 0.717) is 15.9 Å². The van der Waals surface area contributed by atoms with Crippen LogP contribution in [0.4, 0.5) is 0 Å². The van der Waals surface area contributed by atoms with Gasteiger partial charge in [-0.05, 0) is 25.1 Å². The molecule has 0 amide bonds. The van der Waals surface area contributed by atoms with Crippen molar-refractivity contribution in [1.29, 1.82) is 0 Å². The molecule has 0 fully saturated rings. The van der Waals surface area contributed by atoms with E-state index >= 15 is 0 Å². The predicted molar refractivity (Wildman–Crippen MR) is 65.9 cm³/mol. The van der Waals surface area contributed by atoms with E-state index < -0.39 is 5.97 Å². The Morgan fingerprint density at radius 3 is 2.65 bits per heavy atom. The van der Waals surface area contributed by atoms with Gasteiger partial charge in [-0.1, -0.05) is 11.6 Å². The molecule has 1 heterocycles. The van der Waals surface area contributed by atoms with Crippen molar-refractivity contribution in [2.75, 3.05) is 0 Å². The lowest BCUT2D eigenvalue weighted by molar-refractivity contribution is 0.0685. The first-order valence-corrected chi connectivity index (χ1v) is 5.33. The second-order valence-corrected chi connectivity index (χ2v) is 4.26. The lowest BCUT2D eigenvalue weighted by Gasteiger charge is -2.12. The summed E-state index contributed by atoms with van der Waals surface area (Å²) in [4.78, 5) is 23.1. The molecule has 2 aromatic rings. The van der Waals surface area contributed by atoms with E-state index in [1.807, 2.05) is 0 Å². The number of carboxylic acids is 1. The Kier molecular flexibility index (Phi) is 2.67. The number of nitrogens with zero attached hydrogens (tertiary/aromatic N) is 1. The van der Waals surface area contributed by atoms with Crippen molar-refractivity contribution in [3.63, 3.8) is 0 Å². The van der Waals surface area contributed by atoms with Crippen LogP contribution in [-0.2, 0) is 7.05 Å². The van der Waals surface area contributed by atoms with Crippen LogP contribution >= 0.6 is 11.6 Å². The summed E-state index contributed by atoms with van der Waals surface area (Å²) in [7, 11) is 1.61. The number of carbonyl (C=O) groups is 1. The van der Waals surface area contributed by atoms with Crippen molar-refractivity contribution in [2.24, 2.45) is 7.05 Å². The zero-order valence-electron chi connectivity index (χ0n) is 9.32. The topological polar surface area (TPSA) is 59.3 Å². The second-order valence-electron chi connectivity index (χ2n) is 3.83. The van der Waals surface area contributed by atoms with Gasteiger partial charge >= 0.3 is 5.97 Å². The lowest BCUT2D eigenvalue weighted by atomic mass is 10.1. The molecule has 0 saturated heterocycles. The average molecular weight is 252 g/mol. The fourth-order valence-corrected chi connectivity index (χ4v) is 2.13. The molecule has 0 saturated carbocycles. The third-order valence-electron chi connectivity index (χ3n) is 2.80. The Bertz CT molecular complexity index is 688.